The van der Waals surface area contributed by atoms with Crippen molar-refractivity contribution in [3.63, 3.8) is 0 Å². The number of amides is 1. The van der Waals surface area contributed by atoms with E-state index in [-0.39, 0.29) is 17.6 Å². The molecule has 0 aromatic heterocycles. The fourth-order valence-corrected chi connectivity index (χ4v) is 2.99. The molecule has 1 heterocycles. The van der Waals surface area contributed by atoms with E-state index in [4.69, 9.17) is 5.73 Å². The van der Waals surface area contributed by atoms with Gasteiger partial charge >= 0.3 is 0 Å². The molecule has 0 aliphatic carbocycles. The smallest absolute Gasteiger partial charge is 0.235 e. The highest BCUT2D eigenvalue weighted by atomic mass is 32.2. The maximum absolute atomic E-state index is 11.6. The third-order valence-corrected chi connectivity index (χ3v) is 4.13. The van der Waals surface area contributed by atoms with Gasteiger partial charge in [0, 0.05) is 29.6 Å². The summed E-state index contributed by atoms with van der Waals surface area (Å²) in [5, 5.41) is 0. The molecular weight excluding hydrogens is 212 g/mol. The van der Waals surface area contributed by atoms with E-state index >= 15 is 0 Å². The summed E-state index contributed by atoms with van der Waals surface area (Å²) >= 11 is 0. The fourth-order valence-electron chi connectivity index (χ4n) is 1.64. The van der Waals surface area contributed by atoms with Crippen LogP contribution < -0.4 is 5.73 Å². The minimum Gasteiger partial charge on any atom is -0.342 e. The van der Waals surface area contributed by atoms with Gasteiger partial charge < -0.3 is 10.6 Å². The molecule has 1 saturated heterocycles. The molecule has 1 aliphatic rings. The van der Waals surface area contributed by atoms with Gasteiger partial charge in [-0.05, 0) is 25.3 Å². The minimum absolute atomic E-state index is 0.0371. The van der Waals surface area contributed by atoms with Gasteiger partial charge in [-0.1, -0.05) is 6.92 Å². The Hall–Kier alpha value is -0.420. The Balaban J connectivity index is 2.27. The summed E-state index contributed by atoms with van der Waals surface area (Å²) in [5.41, 5.74) is 5.44. The Morgan fingerprint density at radius 1 is 1.47 bits per heavy atom. The zero-order valence-electron chi connectivity index (χ0n) is 9.28. The second-order valence-electron chi connectivity index (χ2n) is 4.18. The average molecular weight is 232 g/mol. The van der Waals surface area contributed by atoms with Gasteiger partial charge in [0.05, 0.1) is 0 Å². The number of rotatable bonds is 5. The summed E-state index contributed by atoms with van der Waals surface area (Å²) < 4.78 is 11.6. The van der Waals surface area contributed by atoms with Crippen LogP contribution in [-0.4, -0.2) is 46.2 Å². The number of hydrogen-bond acceptors (Lipinski definition) is 3. The maximum atomic E-state index is 11.6. The molecule has 0 aromatic carbocycles. The van der Waals surface area contributed by atoms with Gasteiger partial charge in [0.2, 0.25) is 5.91 Å². The molecule has 0 radical (unpaired) electrons. The average Bonchev–Trinajstić information content (AvgIpc) is 2.70. The first-order valence-electron chi connectivity index (χ1n) is 5.46. The molecule has 1 aliphatic heterocycles. The molecule has 0 aromatic rings. The lowest BCUT2D eigenvalue weighted by atomic mass is 10.2. The van der Waals surface area contributed by atoms with Crippen molar-refractivity contribution in [2.24, 2.45) is 11.7 Å². The van der Waals surface area contributed by atoms with E-state index in [1.807, 2.05) is 11.8 Å². The van der Waals surface area contributed by atoms with Crippen LogP contribution in [-0.2, 0) is 15.6 Å². The Morgan fingerprint density at radius 3 is 2.60 bits per heavy atom. The molecular formula is C10H20N2O2S. The lowest BCUT2D eigenvalue weighted by Crippen LogP contribution is -2.33. The van der Waals surface area contributed by atoms with Crippen molar-refractivity contribution in [1.29, 1.82) is 0 Å². The summed E-state index contributed by atoms with van der Waals surface area (Å²) in [6, 6.07) is 0. The van der Waals surface area contributed by atoms with Crippen LogP contribution in [0.4, 0.5) is 0 Å². The van der Waals surface area contributed by atoms with Crippen LogP contribution in [0.3, 0.4) is 0 Å². The number of nitrogens with zero attached hydrogens (tertiary/aromatic N) is 1. The highest BCUT2D eigenvalue weighted by Gasteiger charge is 2.20. The van der Waals surface area contributed by atoms with E-state index in [1.165, 1.54) is 0 Å². The molecule has 5 heteroatoms. The van der Waals surface area contributed by atoms with Gasteiger partial charge in [0.25, 0.3) is 0 Å². The molecule has 4 nitrogen and oxygen atoms in total. The third-order valence-electron chi connectivity index (χ3n) is 2.62. The predicted molar refractivity (Wildman–Crippen MR) is 61.9 cm³/mol. The number of nitrogens with two attached hydrogens (primary N) is 1. The molecule has 1 rings (SSSR count). The Bertz CT molecular complexity index is 240. The highest BCUT2D eigenvalue weighted by Crippen LogP contribution is 2.08. The number of hydrogen-bond donors (Lipinski definition) is 1. The summed E-state index contributed by atoms with van der Waals surface area (Å²) in [7, 11) is -1.05. The van der Waals surface area contributed by atoms with Crippen LogP contribution in [0.5, 0.6) is 0 Å². The van der Waals surface area contributed by atoms with Crippen molar-refractivity contribution in [3.8, 4) is 0 Å². The molecule has 88 valence electrons. The van der Waals surface area contributed by atoms with Crippen LogP contribution in [0.25, 0.3) is 0 Å². The lowest BCUT2D eigenvalue weighted by molar-refractivity contribution is -0.127. The predicted octanol–water partition coefficient (Wildman–Crippen LogP) is -0.0477. The van der Waals surface area contributed by atoms with Gasteiger partial charge in [0.15, 0.2) is 0 Å². The van der Waals surface area contributed by atoms with Crippen LogP contribution in [0.2, 0.25) is 0 Å². The zero-order chi connectivity index (χ0) is 11.3. The van der Waals surface area contributed by atoms with Crippen LogP contribution in [0, 0.1) is 5.92 Å². The lowest BCUT2D eigenvalue weighted by Gasteiger charge is -2.15. The van der Waals surface area contributed by atoms with Crippen molar-refractivity contribution < 1.29 is 9.00 Å². The molecule has 1 amide bonds. The fraction of sp³-hybridized carbons (Fsp3) is 0.900. The summed E-state index contributed by atoms with van der Waals surface area (Å²) in [6.45, 7) is 4.16. The topological polar surface area (TPSA) is 63.4 Å². The second-order valence-corrected chi connectivity index (χ2v) is 5.68. The minimum atomic E-state index is -1.05. The molecule has 0 spiro atoms. The molecule has 15 heavy (non-hydrogen) atoms. The van der Waals surface area contributed by atoms with E-state index in [9.17, 15) is 9.00 Å². The highest BCUT2D eigenvalue weighted by molar-refractivity contribution is 7.85. The Labute approximate surface area is 93.7 Å². The first kappa shape index (κ1) is 12.6. The van der Waals surface area contributed by atoms with Crippen LogP contribution in [0.1, 0.15) is 19.8 Å². The summed E-state index contributed by atoms with van der Waals surface area (Å²) in [5.74, 6) is 0.979. The van der Waals surface area contributed by atoms with Crippen LogP contribution >= 0.6 is 0 Å². The molecule has 2 N–H and O–H groups in total. The van der Waals surface area contributed by atoms with E-state index in [1.54, 1.807) is 0 Å². The molecule has 1 fully saturated rings. The first-order chi connectivity index (χ1) is 7.13. The van der Waals surface area contributed by atoms with Gasteiger partial charge in [-0.3, -0.25) is 9.00 Å². The number of likely N-dealkylation sites (tertiary alicyclic amines) is 1. The van der Waals surface area contributed by atoms with Crippen molar-refractivity contribution in [2.75, 3.05) is 31.1 Å². The van der Waals surface area contributed by atoms with Gasteiger partial charge in [-0.2, -0.15) is 0 Å². The maximum Gasteiger partial charge on any atom is 0.235 e. The van der Waals surface area contributed by atoms with E-state index in [0.29, 0.717) is 12.3 Å². The van der Waals surface area contributed by atoms with E-state index in [0.717, 1.165) is 25.9 Å². The summed E-state index contributed by atoms with van der Waals surface area (Å²) in [4.78, 5) is 13.4. The van der Waals surface area contributed by atoms with Crippen molar-refractivity contribution in [1.82, 2.24) is 4.90 Å². The third kappa shape index (κ3) is 4.30. The molecule has 2 unspecified atom stereocenters. The van der Waals surface area contributed by atoms with Crippen molar-refractivity contribution in [2.45, 2.75) is 19.8 Å². The first-order valence-corrected chi connectivity index (χ1v) is 6.95. The molecule has 0 saturated carbocycles. The normalized spacial score (nSPS) is 20.3. The van der Waals surface area contributed by atoms with Crippen molar-refractivity contribution >= 4 is 16.7 Å². The SMILES string of the molecule is CC(CN)CS(=O)CC(=O)N1CCCC1. The second kappa shape index (κ2) is 6.23. The zero-order valence-corrected chi connectivity index (χ0v) is 10.1. The van der Waals surface area contributed by atoms with Gasteiger partial charge in [0.1, 0.15) is 5.75 Å². The van der Waals surface area contributed by atoms with Gasteiger partial charge in [-0.15, -0.1) is 0 Å². The molecule has 0 bridgehead atoms. The monoisotopic (exact) mass is 232 g/mol. The Kier molecular flexibility index (Phi) is 5.25. The largest absolute Gasteiger partial charge is 0.342 e. The van der Waals surface area contributed by atoms with E-state index in [2.05, 4.69) is 0 Å². The van der Waals surface area contributed by atoms with Crippen molar-refractivity contribution in [3.05, 3.63) is 0 Å². The number of carbonyl (C=O) groups is 1. The standard InChI is InChI=1S/C10H20N2O2S/c1-9(6-11)7-15(14)8-10(13)12-4-2-3-5-12/h9H,2-8,11H2,1H3. The Morgan fingerprint density at radius 2 is 2.07 bits per heavy atom. The molecule has 2 atom stereocenters. The quantitative estimate of drug-likeness (QED) is 0.723. The van der Waals surface area contributed by atoms with Crippen LogP contribution in [0.15, 0.2) is 0 Å². The number of carbonyl (C=O) groups excluding carboxylic acids is 1. The summed E-state index contributed by atoms with van der Waals surface area (Å²) in [6.07, 6.45) is 2.16. The van der Waals surface area contributed by atoms with Gasteiger partial charge in [-0.25, -0.2) is 0 Å². The van der Waals surface area contributed by atoms with E-state index < -0.39 is 10.8 Å².